The number of hydrogen-bond acceptors (Lipinski definition) is 3. The Morgan fingerprint density at radius 3 is 2.50 bits per heavy atom. The highest BCUT2D eigenvalue weighted by Gasteiger charge is 2.42. The summed E-state index contributed by atoms with van der Waals surface area (Å²) in [5.74, 6) is 0.863. The summed E-state index contributed by atoms with van der Waals surface area (Å²) in [6.07, 6.45) is 3.86. The Morgan fingerprint density at radius 1 is 1.15 bits per heavy atom. The van der Waals surface area contributed by atoms with E-state index in [-0.39, 0.29) is 24.4 Å². The number of carbonyl (C=O) groups excluding carboxylic acids is 1. The molecule has 26 heavy (non-hydrogen) atoms. The van der Waals surface area contributed by atoms with Crippen LogP contribution < -0.4 is 15.8 Å². The van der Waals surface area contributed by atoms with Gasteiger partial charge in [0, 0.05) is 12.6 Å². The van der Waals surface area contributed by atoms with E-state index >= 15 is 0 Å². The molecule has 1 fully saturated rings. The average Bonchev–Trinajstić information content (AvgIpc) is 3.18. The lowest BCUT2D eigenvalue weighted by molar-refractivity contribution is -0.126. The maximum Gasteiger partial charge on any atom is 0.230 e. The number of methoxy groups -OCH3 is 1. The Bertz CT molecular complexity index is 715. The third kappa shape index (κ3) is 4.19. The second-order valence-corrected chi connectivity index (χ2v) is 6.75. The van der Waals surface area contributed by atoms with Gasteiger partial charge in [-0.05, 0) is 36.1 Å². The van der Waals surface area contributed by atoms with Gasteiger partial charge in [0.25, 0.3) is 0 Å². The molecule has 0 saturated heterocycles. The Kier molecular flexibility index (Phi) is 7.06. The molecule has 0 heterocycles. The van der Waals surface area contributed by atoms with Crippen molar-refractivity contribution in [2.24, 2.45) is 5.73 Å². The number of amides is 1. The molecule has 2 aromatic rings. The minimum atomic E-state index is -0.467. The van der Waals surface area contributed by atoms with Crippen LogP contribution in [0.15, 0.2) is 54.6 Å². The predicted octanol–water partition coefficient (Wildman–Crippen LogP) is 3.75. The first-order valence-electron chi connectivity index (χ1n) is 8.89. The maximum absolute atomic E-state index is 13.1. The van der Waals surface area contributed by atoms with Crippen LogP contribution in [-0.4, -0.2) is 19.6 Å². The molecule has 0 bridgehead atoms. The Hall–Kier alpha value is -2.04. The van der Waals surface area contributed by atoms with E-state index in [9.17, 15) is 4.79 Å². The normalized spacial score (nSPS) is 16.4. The number of hydrogen-bond donors (Lipinski definition) is 2. The standard InChI is InChI=1S/C21H26N2O2.ClH/c1-25-18-11-7-10-17(14-18)21(12-5-6-13-21)20(24)23-15-19(22)16-8-3-2-4-9-16;/h2-4,7-11,14,19H,5-6,12-13,15,22H2,1H3,(H,23,24);1H. The minimum absolute atomic E-state index is 0. The van der Waals surface area contributed by atoms with Crippen molar-refractivity contribution >= 4 is 18.3 Å². The number of ether oxygens (including phenoxy) is 1. The summed E-state index contributed by atoms with van der Waals surface area (Å²) in [6, 6.07) is 17.6. The summed E-state index contributed by atoms with van der Waals surface area (Å²) in [5, 5.41) is 3.09. The predicted molar refractivity (Wildman–Crippen MR) is 107 cm³/mol. The molecule has 1 amide bonds. The molecule has 1 unspecified atom stereocenters. The molecule has 4 nitrogen and oxygen atoms in total. The van der Waals surface area contributed by atoms with Crippen LogP contribution in [0.1, 0.15) is 42.9 Å². The fourth-order valence-electron chi connectivity index (χ4n) is 3.74. The first-order valence-corrected chi connectivity index (χ1v) is 8.89. The number of rotatable bonds is 6. The Labute approximate surface area is 161 Å². The molecule has 140 valence electrons. The van der Waals surface area contributed by atoms with E-state index in [0.29, 0.717) is 6.54 Å². The number of nitrogens with one attached hydrogen (secondary N) is 1. The van der Waals surface area contributed by atoms with Gasteiger partial charge in [0.1, 0.15) is 5.75 Å². The molecular formula is C21H27ClN2O2. The van der Waals surface area contributed by atoms with E-state index in [0.717, 1.165) is 42.6 Å². The van der Waals surface area contributed by atoms with Crippen LogP contribution in [0.25, 0.3) is 0 Å². The van der Waals surface area contributed by atoms with Crippen LogP contribution in [0.2, 0.25) is 0 Å². The fourth-order valence-corrected chi connectivity index (χ4v) is 3.74. The van der Waals surface area contributed by atoms with Crippen molar-refractivity contribution in [3.63, 3.8) is 0 Å². The van der Waals surface area contributed by atoms with Crippen LogP contribution in [0.5, 0.6) is 5.75 Å². The van der Waals surface area contributed by atoms with Gasteiger partial charge < -0.3 is 15.8 Å². The van der Waals surface area contributed by atoms with Gasteiger partial charge in [-0.2, -0.15) is 0 Å². The highest BCUT2D eigenvalue weighted by molar-refractivity contribution is 5.88. The van der Waals surface area contributed by atoms with Gasteiger partial charge in [-0.15, -0.1) is 12.4 Å². The average molecular weight is 375 g/mol. The fraction of sp³-hybridized carbons (Fsp3) is 0.381. The molecule has 0 aliphatic heterocycles. The van der Waals surface area contributed by atoms with E-state index in [4.69, 9.17) is 10.5 Å². The Morgan fingerprint density at radius 2 is 1.85 bits per heavy atom. The van der Waals surface area contributed by atoms with E-state index < -0.39 is 5.41 Å². The SMILES string of the molecule is COc1cccc(C2(C(=O)NCC(N)c3ccccc3)CCCC2)c1.Cl. The molecule has 1 atom stereocenters. The van der Waals surface area contributed by atoms with E-state index in [1.165, 1.54) is 0 Å². The molecule has 1 saturated carbocycles. The molecular weight excluding hydrogens is 348 g/mol. The van der Waals surface area contributed by atoms with Gasteiger partial charge in [-0.25, -0.2) is 0 Å². The van der Waals surface area contributed by atoms with E-state index in [1.807, 2.05) is 54.6 Å². The van der Waals surface area contributed by atoms with Crippen molar-refractivity contribution in [3.8, 4) is 5.75 Å². The molecule has 3 rings (SSSR count). The summed E-state index contributed by atoms with van der Waals surface area (Å²) in [4.78, 5) is 13.1. The monoisotopic (exact) mass is 374 g/mol. The Balaban J connectivity index is 0.00000243. The largest absolute Gasteiger partial charge is 0.497 e. The van der Waals surface area contributed by atoms with Crippen molar-refractivity contribution in [1.29, 1.82) is 0 Å². The lowest BCUT2D eigenvalue weighted by Gasteiger charge is -2.29. The lowest BCUT2D eigenvalue weighted by Crippen LogP contribution is -2.44. The third-order valence-electron chi connectivity index (χ3n) is 5.22. The van der Waals surface area contributed by atoms with Crippen molar-refractivity contribution in [1.82, 2.24) is 5.32 Å². The highest BCUT2D eigenvalue weighted by atomic mass is 35.5. The van der Waals surface area contributed by atoms with Crippen molar-refractivity contribution in [2.75, 3.05) is 13.7 Å². The quantitative estimate of drug-likeness (QED) is 0.809. The van der Waals surface area contributed by atoms with Gasteiger partial charge in [0.15, 0.2) is 0 Å². The second-order valence-electron chi connectivity index (χ2n) is 6.75. The first kappa shape index (κ1) is 20.3. The molecule has 5 heteroatoms. The zero-order valence-electron chi connectivity index (χ0n) is 15.1. The van der Waals surface area contributed by atoms with Crippen LogP contribution >= 0.6 is 12.4 Å². The molecule has 2 aromatic carbocycles. The van der Waals surface area contributed by atoms with E-state index in [1.54, 1.807) is 7.11 Å². The number of carbonyl (C=O) groups is 1. The zero-order chi connectivity index (χ0) is 17.7. The highest BCUT2D eigenvalue weighted by Crippen LogP contribution is 2.42. The summed E-state index contributed by atoms with van der Waals surface area (Å²) >= 11 is 0. The molecule has 3 N–H and O–H groups in total. The first-order chi connectivity index (χ1) is 12.2. The van der Waals surface area contributed by atoms with Crippen LogP contribution in [0.3, 0.4) is 0 Å². The summed E-state index contributed by atoms with van der Waals surface area (Å²) in [6.45, 7) is 0.439. The molecule has 0 aromatic heterocycles. The maximum atomic E-state index is 13.1. The van der Waals surface area contributed by atoms with Crippen molar-refractivity contribution < 1.29 is 9.53 Å². The molecule has 1 aliphatic rings. The molecule has 0 spiro atoms. The number of nitrogens with two attached hydrogens (primary N) is 1. The van der Waals surface area contributed by atoms with Crippen molar-refractivity contribution in [3.05, 3.63) is 65.7 Å². The van der Waals surface area contributed by atoms with Gasteiger partial charge in [-0.3, -0.25) is 4.79 Å². The minimum Gasteiger partial charge on any atom is -0.497 e. The van der Waals surface area contributed by atoms with E-state index in [2.05, 4.69) is 5.32 Å². The summed E-state index contributed by atoms with van der Waals surface area (Å²) in [7, 11) is 1.65. The van der Waals surface area contributed by atoms with Gasteiger partial charge in [0.2, 0.25) is 5.91 Å². The van der Waals surface area contributed by atoms with Crippen LogP contribution in [-0.2, 0) is 10.2 Å². The van der Waals surface area contributed by atoms with Crippen LogP contribution in [0, 0.1) is 0 Å². The van der Waals surface area contributed by atoms with Gasteiger partial charge >= 0.3 is 0 Å². The molecule has 1 aliphatic carbocycles. The molecule has 0 radical (unpaired) electrons. The third-order valence-corrected chi connectivity index (χ3v) is 5.22. The smallest absolute Gasteiger partial charge is 0.230 e. The summed E-state index contributed by atoms with van der Waals surface area (Å²) < 4.78 is 5.34. The number of halogens is 1. The topological polar surface area (TPSA) is 64.3 Å². The van der Waals surface area contributed by atoms with Crippen molar-refractivity contribution in [2.45, 2.75) is 37.1 Å². The second kappa shape index (κ2) is 9.06. The number of benzene rings is 2. The van der Waals surface area contributed by atoms with Gasteiger partial charge in [-0.1, -0.05) is 55.3 Å². The van der Waals surface area contributed by atoms with Crippen LogP contribution in [0.4, 0.5) is 0 Å². The summed E-state index contributed by atoms with van der Waals surface area (Å²) in [5.41, 5.74) is 7.84. The zero-order valence-corrected chi connectivity index (χ0v) is 15.9. The van der Waals surface area contributed by atoms with Gasteiger partial charge in [0.05, 0.1) is 12.5 Å². The lowest BCUT2D eigenvalue weighted by atomic mass is 9.78.